The highest BCUT2D eigenvalue weighted by Gasteiger charge is 2.14. The maximum absolute atomic E-state index is 11.9. The van der Waals surface area contributed by atoms with Crippen molar-refractivity contribution >= 4 is 45.1 Å². The smallest absolute Gasteiger partial charge is 0.331 e. The van der Waals surface area contributed by atoms with Crippen LogP contribution in [0.15, 0.2) is 27.8 Å². The summed E-state index contributed by atoms with van der Waals surface area (Å²) in [5.74, 6) is -1.59. The van der Waals surface area contributed by atoms with Gasteiger partial charge in [0.2, 0.25) is 0 Å². The fourth-order valence-corrected chi connectivity index (χ4v) is 2.01. The maximum Gasteiger partial charge on any atom is 0.331 e. The maximum atomic E-state index is 11.9. The van der Waals surface area contributed by atoms with E-state index in [2.05, 4.69) is 21.2 Å². The number of benzene rings is 1. The van der Waals surface area contributed by atoms with Gasteiger partial charge in [-0.25, -0.2) is 4.79 Å². The molecule has 0 radical (unpaired) electrons. The summed E-state index contributed by atoms with van der Waals surface area (Å²) in [4.78, 5) is 22.7. The molecule has 1 aromatic rings. The number of rotatable bonds is 3. The van der Waals surface area contributed by atoms with Crippen LogP contribution in [0.4, 0.5) is 5.69 Å². The van der Waals surface area contributed by atoms with Gasteiger partial charge in [-0.15, -0.1) is 0 Å². The average Bonchev–Trinajstić information content (AvgIpc) is 2.33. The third-order valence-electron chi connectivity index (χ3n) is 2.72. The number of nitrogens with one attached hydrogen (secondary N) is 1. The van der Waals surface area contributed by atoms with Crippen LogP contribution in [0.5, 0.6) is 0 Å². The van der Waals surface area contributed by atoms with E-state index < -0.39 is 11.9 Å². The van der Waals surface area contributed by atoms with Gasteiger partial charge in [-0.3, -0.25) is 4.79 Å². The highest BCUT2D eigenvalue weighted by atomic mass is 79.9. The lowest BCUT2D eigenvalue weighted by Gasteiger charge is -2.10. The summed E-state index contributed by atoms with van der Waals surface area (Å²) in [6.07, 6.45) is 0. The number of aryl methyl sites for hydroxylation is 1. The van der Waals surface area contributed by atoms with Crippen LogP contribution in [0.25, 0.3) is 0 Å². The van der Waals surface area contributed by atoms with Crippen LogP contribution in [0.1, 0.15) is 19.4 Å². The molecule has 0 fully saturated rings. The van der Waals surface area contributed by atoms with Gasteiger partial charge in [0.05, 0.1) is 5.69 Å². The Hall–Kier alpha value is -1.33. The lowest BCUT2D eigenvalue weighted by molar-refractivity contribution is -0.133. The third-order valence-corrected chi connectivity index (χ3v) is 3.78. The SMILES string of the molecule is C/C(C(=O)O)=C(/C)C(=O)Nc1cc(Cl)c(C)cc1Br. The van der Waals surface area contributed by atoms with E-state index in [1.165, 1.54) is 13.8 Å². The summed E-state index contributed by atoms with van der Waals surface area (Å²) in [5, 5.41) is 12.0. The van der Waals surface area contributed by atoms with E-state index in [0.717, 1.165) is 5.56 Å². The molecule has 0 saturated heterocycles. The quantitative estimate of drug-likeness (QED) is 0.819. The third kappa shape index (κ3) is 3.81. The van der Waals surface area contributed by atoms with Crippen molar-refractivity contribution in [2.45, 2.75) is 20.8 Å². The lowest BCUT2D eigenvalue weighted by Crippen LogP contribution is -2.16. The van der Waals surface area contributed by atoms with Gasteiger partial charge >= 0.3 is 5.97 Å². The zero-order valence-electron chi connectivity index (χ0n) is 10.7. The first-order valence-electron chi connectivity index (χ1n) is 5.41. The minimum atomic E-state index is -1.12. The first kappa shape index (κ1) is 15.7. The number of anilines is 1. The Balaban J connectivity index is 3.05. The Morgan fingerprint density at radius 2 is 1.84 bits per heavy atom. The number of amides is 1. The van der Waals surface area contributed by atoms with Gasteiger partial charge in [0.15, 0.2) is 0 Å². The van der Waals surface area contributed by atoms with Crippen LogP contribution >= 0.6 is 27.5 Å². The molecule has 0 saturated carbocycles. The number of carboxylic acid groups (broad SMARTS) is 1. The van der Waals surface area contributed by atoms with Crippen molar-refractivity contribution in [1.82, 2.24) is 0 Å². The van der Waals surface area contributed by atoms with E-state index in [-0.39, 0.29) is 11.1 Å². The minimum absolute atomic E-state index is 0.00633. The van der Waals surface area contributed by atoms with Gasteiger partial charge < -0.3 is 10.4 Å². The van der Waals surface area contributed by atoms with E-state index in [1.807, 2.05) is 6.92 Å². The summed E-state index contributed by atoms with van der Waals surface area (Å²) in [6.45, 7) is 4.69. The standard InChI is InChI=1S/C13H13BrClNO3/c1-6-4-9(14)11(5-10(6)15)16-12(17)7(2)8(3)13(18)19/h4-5H,1-3H3,(H,16,17)(H,18,19)/b8-7+. The first-order chi connectivity index (χ1) is 8.73. The molecule has 0 atom stereocenters. The monoisotopic (exact) mass is 345 g/mol. The molecule has 0 spiro atoms. The Morgan fingerprint density at radius 3 is 2.37 bits per heavy atom. The predicted octanol–water partition coefficient (Wildman–Crippen LogP) is 3.77. The van der Waals surface area contributed by atoms with Gasteiger partial charge in [-0.05, 0) is 54.4 Å². The molecule has 0 aliphatic heterocycles. The number of carboxylic acids is 1. The van der Waals surface area contributed by atoms with Crippen molar-refractivity contribution in [2.75, 3.05) is 5.32 Å². The van der Waals surface area contributed by atoms with Crippen LogP contribution in [0, 0.1) is 6.92 Å². The molecule has 0 aliphatic carbocycles. The van der Waals surface area contributed by atoms with Gasteiger partial charge in [-0.1, -0.05) is 11.6 Å². The number of hydrogen-bond donors (Lipinski definition) is 2. The van der Waals surface area contributed by atoms with Crippen molar-refractivity contribution < 1.29 is 14.7 Å². The predicted molar refractivity (Wildman–Crippen MR) is 78.5 cm³/mol. The summed E-state index contributed by atoms with van der Waals surface area (Å²) >= 11 is 9.30. The molecule has 1 aromatic carbocycles. The average molecular weight is 347 g/mol. The second kappa shape index (κ2) is 6.21. The van der Waals surface area contributed by atoms with E-state index in [4.69, 9.17) is 16.7 Å². The van der Waals surface area contributed by atoms with E-state index in [0.29, 0.717) is 15.2 Å². The molecule has 2 N–H and O–H groups in total. The van der Waals surface area contributed by atoms with Crippen molar-refractivity contribution in [3.05, 3.63) is 38.3 Å². The van der Waals surface area contributed by atoms with Crippen LogP contribution in [-0.2, 0) is 9.59 Å². The topological polar surface area (TPSA) is 66.4 Å². The number of aliphatic carboxylic acids is 1. The fourth-order valence-electron chi connectivity index (χ4n) is 1.29. The zero-order chi connectivity index (χ0) is 14.7. The Kier molecular flexibility index (Phi) is 5.14. The van der Waals surface area contributed by atoms with E-state index >= 15 is 0 Å². The molecule has 4 nitrogen and oxygen atoms in total. The molecule has 0 aliphatic rings. The van der Waals surface area contributed by atoms with Gasteiger partial charge in [-0.2, -0.15) is 0 Å². The molecule has 0 heterocycles. The minimum Gasteiger partial charge on any atom is -0.478 e. The zero-order valence-corrected chi connectivity index (χ0v) is 13.0. The molecule has 0 unspecified atom stereocenters. The Morgan fingerprint density at radius 1 is 1.26 bits per heavy atom. The number of carbonyl (C=O) groups is 2. The summed E-state index contributed by atoms with van der Waals surface area (Å²) in [6, 6.07) is 3.39. The van der Waals surface area contributed by atoms with Crippen molar-refractivity contribution in [3.63, 3.8) is 0 Å². The summed E-state index contributed by atoms with van der Waals surface area (Å²) in [5.41, 5.74) is 1.53. The molecule has 19 heavy (non-hydrogen) atoms. The van der Waals surface area contributed by atoms with E-state index in [9.17, 15) is 9.59 Å². The number of carbonyl (C=O) groups excluding carboxylic acids is 1. The highest BCUT2D eigenvalue weighted by molar-refractivity contribution is 9.10. The Bertz CT molecular complexity index is 581. The molecule has 0 bridgehead atoms. The molecule has 6 heteroatoms. The highest BCUT2D eigenvalue weighted by Crippen LogP contribution is 2.29. The summed E-state index contributed by atoms with van der Waals surface area (Å²) in [7, 11) is 0. The normalized spacial score (nSPS) is 11.8. The second-order valence-corrected chi connectivity index (χ2v) is 5.35. The molecule has 102 valence electrons. The summed E-state index contributed by atoms with van der Waals surface area (Å²) < 4.78 is 0.684. The molecule has 1 rings (SSSR count). The number of halogens is 2. The lowest BCUT2D eigenvalue weighted by atomic mass is 10.1. The van der Waals surface area contributed by atoms with Crippen LogP contribution in [0.3, 0.4) is 0 Å². The van der Waals surface area contributed by atoms with E-state index in [1.54, 1.807) is 12.1 Å². The van der Waals surface area contributed by atoms with Gasteiger partial charge in [0.1, 0.15) is 0 Å². The van der Waals surface area contributed by atoms with Gasteiger partial charge in [0, 0.05) is 20.6 Å². The first-order valence-corrected chi connectivity index (χ1v) is 6.59. The van der Waals surface area contributed by atoms with Crippen molar-refractivity contribution in [1.29, 1.82) is 0 Å². The molecule has 0 aromatic heterocycles. The van der Waals surface area contributed by atoms with Gasteiger partial charge in [0.25, 0.3) is 5.91 Å². The largest absolute Gasteiger partial charge is 0.478 e. The Labute approximate surface area is 124 Å². The molecular weight excluding hydrogens is 334 g/mol. The van der Waals surface area contributed by atoms with Crippen LogP contribution in [-0.4, -0.2) is 17.0 Å². The van der Waals surface area contributed by atoms with Crippen LogP contribution in [0.2, 0.25) is 5.02 Å². The molecule has 1 amide bonds. The number of hydrogen-bond acceptors (Lipinski definition) is 2. The molecular formula is C13H13BrClNO3. The second-order valence-electron chi connectivity index (χ2n) is 4.09. The van der Waals surface area contributed by atoms with Crippen LogP contribution < -0.4 is 5.32 Å². The fraction of sp³-hybridized carbons (Fsp3) is 0.231. The van der Waals surface area contributed by atoms with Crippen molar-refractivity contribution in [3.8, 4) is 0 Å². The van der Waals surface area contributed by atoms with Crippen molar-refractivity contribution in [2.24, 2.45) is 0 Å².